The highest BCUT2D eigenvalue weighted by Gasteiger charge is 2.25. The molecule has 24 heavy (non-hydrogen) atoms. The van der Waals surface area contributed by atoms with Crippen LogP contribution in [0.25, 0.3) is 0 Å². The summed E-state index contributed by atoms with van der Waals surface area (Å²) >= 11 is 0. The number of ether oxygens (including phenoxy) is 1. The van der Waals surface area contributed by atoms with Crippen LogP contribution in [0.2, 0.25) is 0 Å². The number of amides is 2. The lowest BCUT2D eigenvalue weighted by molar-refractivity contribution is -0.0154. The number of carbonyl (C=O) groups is 1. The van der Waals surface area contributed by atoms with Gasteiger partial charge in [-0.2, -0.15) is 5.10 Å². The Morgan fingerprint density at radius 3 is 2.96 bits per heavy atom. The number of nitrogens with zero attached hydrogens (tertiary/aromatic N) is 4. The summed E-state index contributed by atoms with van der Waals surface area (Å²) in [4.78, 5) is 17.9. The van der Waals surface area contributed by atoms with Crippen molar-refractivity contribution < 1.29 is 13.9 Å². The molecule has 1 N–H and O–H groups in total. The number of hydrogen-bond donors (Lipinski definition) is 1. The van der Waals surface area contributed by atoms with Crippen LogP contribution >= 0.6 is 0 Å². The minimum absolute atomic E-state index is 0.107. The summed E-state index contributed by atoms with van der Waals surface area (Å²) < 4.78 is 20.4. The Balaban J connectivity index is 1.45. The number of carbonyl (C=O) groups excluding carboxylic acids is 1. The summed E-state index contributed by atoms with van der Waals surface area (Å²) in [5.41, 5.74) is 0.875. The molecule has 2 aromatic rings. The zero-order valence-corrected chi connectivity index (χ0v) is 13.3. The van der Waals surface area contributed by atoms with E-state index in [-0.39, 0.29) is 18.0 Å². The van der Waals surface area contributed by atoms with E-state index in [1.54, 1.807) is 28.0 Å². The number of rotatable bonds is 5. The molecule has 8 heteroatoms. The van der Waals surface area contributed by atoms with Crippen molar-refractivity contribution in [2.45, 2.75) is 19.1 Å². The summed E-state index contributed by atoms with van der Waals surface area (Å²) in [6, 6.07) is 6.09. The van der Waals surface area contributed by atoms with Crippen molar-refractivity contribution in [3.05, 3.63) is 48.3 Å². The first-order valence-corrected chi connectivity index (χ1v) is 7.94. The van der Waals surface area contributed by atoms with Crippen molar-refractivity contribution in [3.63, 3.8) is 0 Å². The van der Waals surface area contributed by atoms with Gasteiger partial charge < -0.3 is 15.0 Å². The van der Waals surface area contributed by atoms with Gasteiger partial charge in [-0.25, -0.2) is 14.2 Å². The monoisotopic (exact) mass is 333 g/mol. The lowest BCUT2D eigenvalue weighted by Gasteiger charge is -2.33. The van der Waals surface area contributed by atoms with Crippen LogP contribution in [-0.4, -0.2) is 51.9 Å². The van der Waals surface area contributed by atoms with Gasteiger partial charge >= 0.3 is 6.03 Å². The van der Waals surface area contributed by atoms with Crippen LogP contribution in [0.5, 0.6) is 0 Å². The molecule has 1 aromatic heterocycles. The average molecular weight is 333 g/mol. The van der Waals surface area contributed by atoms with Crippen LogP contribution < -0.4 is 5.32 Å². The highest BCUT2D eigenvalue weighted by Crippen LogP contribution is 2.22. The van der Waals surface area contributed by atoms with Crippen molar-refractivity contribution >= 4 is 6.03 Å². The van der Waals surface area contributed by atoms with Gasteiger partial charge in [-0.3, -0.25) is 4.68 Å². The molecule has 0 bridgehead atoms. The summed E-state index contributed by atoms with van der Waals surface area (Å²) in [6.45, 7) is 2.75. The van der Waals surface area contributed by atoms with E-state index >= 15 is 0 Å². The molecule has 2 heterocycles. The SMILES string of the molecule is O=C(NCCCn1cncn1)N1CCO[C@@H](c2ccc(F)cc2)C1. The van der Waals surface area contributed by atoms with Gasteiger partial charge in [0.15, 0.2) is 0 Å². The normalized spacial score (nSPS) is 17.7. The van der Waals surface area contributed by atoms with E-state index in [0.717, 1.165) is 12.0 Å². The second-order valence-electron chi connectivity index (χ2n) is 5.60. The van der Waals surface area contributed by atoms with Crippen LogP contribution in [0.1, 0.15) is 18.1 Å². The average Bonchev–Trinajstić information content (AvgIpc) is 3.13. The van der Waals surface area contributed by atoms with Crippen LogP contribution in [-0.2, 0) is 11.3 Å². The van der Waals surface area contributed by atoms with E-state index in [4.69, 9.17) is 4.74 Å². The van der Waals surface area contributed by atoms with Crippen LogP contribution in [0.4, 0.5) is 9.18 Å². The van der Waals surface area contributed by atoms with Gasteiger partial charge in [-0.05, 0) is 24.1 Å². The number of urea groups is 1. The Kier molecular flexibility index (Phi) is 5.37. The molecule has 128 valence electrons. The number of hydrogen-bond acceptors (Lipinski definition) is 4. The third-order valence-corrected chi connectivity index (χ3v) is 3.90. The molecule has 0 unspecified atom stereocenters. The summed E-state index contributed by atoms with van der Waals surface area (Å²) in [5, 5.41) is 6.92. The number of halogens is 1. The minimum atomic E-state index is -0.281. The maximum absolute atomic E-state index is 13.0. The summed E-state index contributed by atoms with van der Waals surface area (Å²) in [5.74, 6) is -0.281. The molecule has 1 atom stereocenters. The first kappa shape index (κ1) is 16.4. The van der Waals surface area contributed by atoms with Crippen molar-refractivity contribution in [2.24, 2.45) is 0 Å². The zero-order chi connectivity index (χ0) is 16.8. The van der Waals surface area contributed by atoms with Crippen molar-refractivity contribution in [1.29, 1.82) is 0 Å². The van der Waals surface area contributed by atoms with E-state index in [0.29, 0.717) is 32.8 Å². The lowest BCUT2D eigenvalue weighted by atomic mass is 10.1. The Bertz CT molecular complexity index is 647. The maximum atomic E-state index is 13.0. The molecule has 0 aliphatic carbocycles. The molecular weight excluding hydrogens is 313 g/mol. The number of aryl methyl sites for hydroxylation is 1. The quantitative estimate of drug-likeness (QED) is 0.844. The van der Waals surface area contributed by atoms with Crippen LogP contribution in [0.3, 0.4) is 0 Å². The summed E-state index contributed by atoms with van der Waals surface area (Å²) in [6.07, 6.45) is 3.69. The van der Waals surface area contributed by atoms with E-state index in [1.807, 2.05) is 0 Å². The van der Waals surface area contributed by atoms with Crippen molar-refractivity contribution in [1.82, 2.24) is 25.0 Å². The molecule has 1 aromatic carbocycles. The largest absolute Gasteiger partial charge is 0.370 e. The third kappa shape index (κ3) is 4.29. The molecule has 7 nitrogen and oxygen atoms in total. The highest BCUT2D eigenvalue weighted by molar-refractivity contribution is 5.74. The molecule has 1 aliphatic heterocycles. The molecular formula is C16H20FN5O2. The molecule has 2 amide bonds. The van der Waals surface area contributed by atoms with E-state index in [9.17, 15) is 9.18 Å². The first-order valence-electron chi connectivity index (χ1n) is 7.94. The number of nitrogens with one attached hydrogen (secondary N) is 1. The molecule has 1 aliphatic rings. The topological polar surface area (TPSA) is 72.3 Å². The zero-order valence-electron chi connectivity index (χ0n) is 13.3. The van der Waals surface area contributed by atoms with Gasteiger partial charge in [0, 0.05) is 19.6 Å². The third-order valence-electron chi connectivity index (χ3n) is 3.90. The van der Waals surface area contributed by atoms with Gasteiger partial charge in [0.05, 0.1) is 13.2 Å². The summed E-state index contributed by atoms with van der Waals surface area (Å²) in [7, 11) is 0. The van der Waals surface area contributed by atoms with Crippen LogP contribution in [0.15, 0.2) is 36.9 Å². The van der Waals surface area contributed by atoms with Gasteiger partial charge in [0.25, 0.3) is 0 Å². The number of aromatic nitrogens is 3. The lowest BCUT2D eigenvalue weighted by Crippen LogP contribution is -2.47. The smallest absolute Gasteiger partial charge is 0.317 e. The van der Waals surface area contributed by atoms with E-state index in [1.165, 1.54) is 18.5 Å². The van der Waals surface area contributed by atoms with Gasteiger partial charge in [0.1, 0.15) is 24.6 Å². The number of morpholine rings is 1. The van der Waals surface area contributed by atoms with Gasteiger partial charge in [-0.15, -0.1) is 0 Å². The van der Waals surface area contributed by atoms with E-state index < -0.39 is 0 Å². The molecule has 3 rings (SSSR count). The Morgan fingerprint density at radius 1 is 1.38 bits per heavy atom. The van der Waals surface area contributed by atoms with Crippen molar-refractivity contribution in [3.8, 4) is 0 Å². The fraction of sp³-hybridized carbons (Fsp3) is 0.438. The van der Waals surface area contributed by atoms with Gasteiger partial charge in [-0.1, -0.05) is 12.1 Å². The highest BCUT2D eigenvalue weighted by atomic mass is 19.1. The second-order valence-corrected chi connectivity index (χ2v) is 5.60. The van der Waals surface area contributed by atoms with Crippen molar-refractivity contribution in [2.75, 3.05) is 26.2 Å². The first-order chi connectivity index (χ1) is 11.7. The molecule has 0 spiro atoms. The second kappa shape index (κ2) is 7.87. The predicted molar refractivity (Wildman–Crippen MR) is 84.7 cm³/mol. The predicted octanol–water partition coefficient (Wildman–Crippen LogP) is 1.59. The Hall–Kier alpha value is -2.48. The molecule has 0 saturated carbocycles. The molecule has 0 radical (unpaired) electrons. The van der Waals surface area contributed by atoms with Crippen LogP contribution in [0, 0.1) is 5.82 Å². The molecule has 1 fully saturated rings. The standard InChI is InChI=1S/C16H20FN5O2/c17-14-4-2-13(3-5-14)15-10-21(8-9-24-15)16(23)19-6-1-7-22-12-18-11-20-22/h2-5,11-12,15H,1,6-10H2,(H,19,23)/t15-/m1/s1. The van der Waals surface area contributed by atoms with E-state index in [2.05, 4.69) is 15.4 Å². The molecule has 1 saturated heterocycles. The Morgan fingerprint density at radius 2 is 2.21 bits per heavy atom. The Labute approximate surface area is 139 Å². The van der Waals surface area contributed by atoms with Gasteiger partial charge in [0.2, 0.25) is 0 Å². The fourth-order valence-electron chi connectivity index (χ4n) is 2.61. The number of benzene rings is 1. The fourth-order valence-corrected chi connectivity index (χ4v) is 2.61. The maximum Gasteiger partial charge on any atom is 0.317 e. The minimum Gasteiger partial charge on any atom is -0.370 e.